The molecule has 3 rings (SSSR count). The van der Waals surface area contributed by atoms with Crippen LogP contribution in [0.5, 0.6) is 0 Å². The second-order valence-corrected chi connectivity index (χ2v) is 5.63. The molecule has 0 aromatic heterocycles. The fourth-order valence-corrected chi connectivity index (χ4v) is 4.00. The summed E-state index contributed by atoms with van der Waals surface area (Å²) in [4.78, 5) is 11.5. The highest BCUT2D eigenvalue weighted by molar-refractivity contribution is 5.86. The lowest BCUT2D eigenvalue weighted by Crippen LogP contribution is -2.67. The van der Waals surface area contributed by atoms with Crippen LogP contribution in [0.2, 0.25) is 0 Å². The molecule has 2 bridgehead atoms. The van der Waals surface area contributed by atoms with Gasteiger partial charge < -0.3 is 17.2 Å². The minimum Gasteiger partial charge on any atom is -0.368 e. The molecule has 2 fully saturated rings. The third-order valence-electron chi connectivity index (χ3n) is 4.95. The van der Waals surface area contributed by atoms with Crippen molar-refractivity contribution < 1.29 is 4.79 Å². The number of rotatable bonds is 1. The fourth-order valence-electron chi connectivity index (χ4n) is 4.00. The van der Waals surface area contributed by atoms with Crippen LogP contribution in [-0.2, 0) is 4.79 Å². The Kier molecular flexibility index (Phi) is 1.98. The summed E-state index contributed by atoms with van der Waals surface area (Å²) in [6.07, 6.45) is 6.41. The van der Waals surface area contributed by atoms with Gasteiger partial charge in [-0.3, -0.25) is 4.79 Å². The van der Waals surface area contributed by atoms with Gasteiger partial charge in [-0.1, -0.05) is 11.6 Å². The van der Waals surface area contributed by atoms with Gasteiger partial charge in [0.15, 0.2) is 0 Å². The topological polar surface area (TPSA) is 95.1 Å². The Morgan fingerprint density at radius 3 is 2.88 bits per heavy atom. The van der Waals surface area contributed by atoms with E-state index in [4.69, 9.17) is 17.2 Å². The maximum absolute atomic E-state index is 11.5. The predicted octanol–water partition coefficient (Wildman–Crippen LogP) is -0.127. The van der Waals surface area contributed by atoms with Gasteiger partial charge in [0.05, 0.1) is 0 Å². The first kappa shape index (κ1) is 10.3. The molecule has 3 aliphatic carbocycles. The van der Waals surface area contributed by atoms with Crippen molar-refractivity contribution in [3.8, 4) is 0 Å². The van der Waals surface area contributed by atoms with Gasteiger partial charge in [0.1, 0.15) is 5.54 Å². The summed E-state index contributed by atoms with van der Waals surface area (Å²) in [5.41, 5.74) is 18.1. The number of hydrogen-bond donors (Lipinski definition) is 3. The maximum atomic E-state index is 11.5. The molecule has 0 aromatic rings. The van der Waals surface area contributed by atoms with Gasteiger partial charge in [0, 0.05) is 12.0 Å². The molecule has 0 spiro atoms. The summed E-state index contributed by atoms with van der Waals surface area (Å²) < 4.78 is 0. The van der Waals surface area contributed by atoms with E-state index >= 15 is 0 Å². The van der Waals surface area contributed by atoms with E-state index in [0.29, 0.717) is 24.2 Å². The van der Waals surface area contributed by atoms with Crippen molar-refractivity contribution in [2.75, 3.05) is 0 Å². The number of carbonyl (C=O) groups is 1. The van der Waals surface area contributed by atoms with Crippen molar-refractivity contribution in [2.45, 2.75) is 37.3 Å². The number of fused-ring (bicyclic) bond motifs is 5. The zero-order valence-corrected chi connectivity index (χ0v) is 9.36. The van der Waals surface area contributed by atoms with Crippen LogP contribution in [0.15, 0.2) is 11.6 Å². The van der Waals surface area contributed by atoms with Gasteiger partial charge in [0.2, 0.25) is 5.91 Å². The smallest absolute Gasteiger partial charge is 0.239 e. The molecule has 0 heterocycles. The van der Waals surface area contributed by atoms with Gasteiger partial charge in [-0.15, -0.1) is 0 Å². The van der Waals surface area contributed by atoms with E-state index in [2.05, 4.69) is 6.08 Å². The van der Waals surface area contributed by atoms with Crippen LogP contribution in [-0.4, -0.2) is 17.5 Å². The van der Waals surface area contributed by atoms with E-state index in [1.807, 2.05) is 0 Å². The highest BCUT2D eigenvalue weighted by Gasteiger charge is 2.54. The van der Waals surface area contributed by atoms with E-state index in [1.54, 1.807) is 0 Å². The average molecular weight is 221 g/mol. The van der Waals surface area contributed by atoms with E-state index in [9.17, 15) is 4.79 Å². The highest BCUT2D eigenvalue weighted by atomic mass is 16.1. The number of hydrogen-bond acceptors (Lipinski definition) is 3. The SMILES string of the molecule is NC(=O)[C@@]1(N)CC=C2C([C@H]3CC[C@@H]2C3)[C@@H]1N. The van der Waals surface area contributed by atoms with Crippen molar-refractivity contribution in [3.05, 3.63) is 11.6 Å². The Bertz CT molecular complexity index is 378. The van der Waals surface area contributed by atoms with Crippen LogP contribution in [0.1, 0.15) is 25.7 Å². The minimum absolute atomic E-state index is 0.291. The summed E-state index contributed by atoms with van der Waals surface area (Å²) >= 11 is 0. The molecule has 6 N–H and O–H groups in total. The summed E-state index contributed by atoms with van der Waals surface area (Å²) in [5, 5.41) is 0. The molecule has 0 aromatic carbocycles. The Labute approximate surface area is 95.2 Å². The molecule has 1 unspecified atom stereocenters. The molecular weight excluding hydrogens is 202 g/mol. The molecule has 4 nitrogen and oxygen atoms in total. The Balaban J connectivity index is 1.99. The molecule has 2 saturated carbocycles. The molecule has 88 valence electrons. The van der Waals surface area contributed by atoms with Crippen molar-refractivity contribution >= 4 is 5.91 Å². The second kappa shape index (κ2) is 3.08. The number of nitrogens with two attached hydrogens (primary N) is 3. The zero-order valence-electron chi connectivity index (χ0n) is 9.36. The molecule has 0 saturated heterocycles. The lowest BCUT2D eigenvalue weighted by molar-refractivity contribution is -0.124. The first-order valence-corrected chi connectivity index (χ1v) is 6.08. The molecule has 0 radical (unpaired) electrons. The Morgan fingerprint density at radius 1 is 1.44 bits per heavy atom. The van der Waals surface area contributed by atoms with Crippen LogP contribution in [0.3, 0.4) is 0 Å². The van der Waals surface area contributed by atoms with Gasteiger partial charge in [-0.25, -0.2) is 0 Å². The fraction of sp³-hybridized carbons (Fsp3) is 0.750. The summed E-state index contributed by atoms with van der Waals surface area (Å²) in [7, 11) is 0. The molecule has 5 atom stereocenters. The third-order valence-corrected chi connectivity index (χ3v) is 4.95. The number of carbonyl (C=O) groups excluding carboxylic acids is 1. The first-order chi connectivity index (χ1) is 7.54. The molecule has 0 aliphatic heterocycles. The number of primary amides is 1. The Hall–Kier alpha value is -0.870. The van der Waals surface area contributed by atoms with Gasteiger partial charge >= 0.3 is 0 Å². The molecule has 16 heavy (non-hydrogen) atoms. The summed E-state index contributed by atoms with van der Waals surface area (Å²) in [5.74, 6) is 1.19. The van der Waals surface area contributed by atoms with Crippen molar-refractivity contribution in [2.24, 2.45) is 35.0 Å². The van der Waals surface area contributed by atoms with Gasteiger partial charge in [-0.05, 0) is 37.5 Å². The lowest BCUT2D eigenvalue weighted by atomic mass is 9.67. The van der Waals surface area contributed by atoms with Crippen molar-refractivity contribution in [1.82, 2.24) is 0 Å². The largest absolute Gasteiger partial charge is 0.368 e. The van der Waals surface area contributed by atoms with Crippen LogP contribution in [0.25, 0.3) is 0 Å². The molecular formula is C12H19N3O. The second-order valence-electron chi connectivity index (χ2n) is 5.63. The summed E-state index contributed by atoms with van der Waals surface area (Å²) in [6, 6.07) is -0.291. The van der Waals surface area contributed by atoms with Crippen LogP contribution < -0.4 is 17.2 Å². The quantitative estimate of drug-likeness (QED) is 0.538. The highest BCUT2D eigenvalue weighted by Crippen LogP contribution is 2.55. The van der Waals surface area contributed by atoms with Gasteiger partial charge in [0.25, 0.3) is 0 Å². The summed E-state index contributed by atoms with van der Waals surface area (Å²) in [6.45, 7) is 0. The standard InChI is InChI=1S/C12H19N3O/c13-10-9-7-2-1-6(5-7)8(9)3-4-12(10,15)11(14)16/h3,6-7,9-10H,1-2,4-5,13,15H2,(H2,14,16)/t6-,7+,9?,10+,12-/m1/s1. The van der Waals surface area contributed by atoms with Gasteiger partial charge in [-0.2, -0.15) is 0 Å². The van der Waals surface area contributed by atoms with E-state index in [-0.39, 0.29) is 6.04 Å². The van der Waals surface area contributed by atoms with E-state index in [1.165, 1.54) is 24.8 Å². The first-order valence-electron chi connectivity index (χ1n) is 6.08. The third kappa shape index (κ3) is 1.09. The van der Waals surface area contributed by atoms with Crippen molar-refractivity contribution in [1.29, 1.82) is 0 Å². The minimum atomic E-state index is -1.03. The normalized spacial score (nSPS) is 50.0. The monoisotopic (exact) mass is 221 g/mol. The zero-order chi connectivity index (χ0) is 11.5. The van der Waals surface area contributed by atoms with E-state index < -0.39 is 11.4 Å². The molecule has 4 heteroatoms. The van der Waals surface area contributed by atoms with Crippen LogP contribution >= 0.6 is 0 Å². The molecule has 1 amide bonds. The van der Waals surface area contributed by atoms with Crippen LogP contribution in [0, 0.1) is 17.8 Å². The Morgan fingerprint density at radius 2 is 2.19 bits per heavy atom. The lowest BCUT2D eigenvalue weighted by Gasteiger charge is -2.43. The average Bonchev–Trinajstić information content (AvgIpc) is 2.83. The van der Waals surface area contributed by atoms with Crippen LogP contribution in [0.4, 0.5) is 0 Å². The van der Waals surface area contributed by atoms with Crippen molar-refractivity contribution in [3.63, 3.8) is 0 Å². The maximum Gasteiger partial charge on any atom is 0.239 e. The predicted molar refractivity (Wildman–Crippen MR) is 61.1 cm³/mol. The van der Waals surface area contributed by atoms with E-state index in [0.717, 1.165) is 0 Å². The molecule has 3 aliphatic rings. The number of amides is 1.